The summed E-state index contributed by atoms with van der Waals surface area (Å²) < 4.78 is 1.00. The molecule has 0 aromatic heterocycles. The van der Waals surface area contributed by atoms with E-state index in [4.69, 9.17) is 5.73 Å². The Bertz CT molecular complexity index is 537. The Morgan fingerprint density at radius 3 is 2.53 bits per heavy atom. The highest BCUT2D eigenvalue weighted by atomic mass is 79.9. The first kappa shape index (κ1) is 12.0. The van der Waals surface area contributed by atoms with Gasteiger partial charge < -0.3 is 10.6 Å². The minimum atomic E-state index is 0.762. The zero-order chi connectivity index (χ0) is 12.4. The van der Waals surface area contributed by atoms with Gasteiger partial charge in [-0.3, -0.25) is 0 Å². The molecule has 2 nitrogen and oxygen atoms in total. The number of anilines is 3. The van der Waals surface area contributed by atoms with Crippen molar-refractivity contribution in [2.75, 3.05) is 17.7 Å². The molecule has 0 atom stereocenters. The van der Waals surface area contributed by atoms with Crippen molar-refractivity contribution in [3.8, 4) is 0 Å². The zero-order valence-electron chi connectivity index (χ0n) is 9.94. The number of hydrogen-bond acceptors (Lipinski definition) is 2. The summed E-state index contributed by atoms with van der Waals surface area (Å²) in [5, 5.41) is 0. The van der Waals surface area contributed by atoms with Crippen molar-refractivity contribution in [1.29, 1.82) is 0 Å². The van der Waals surface area contributed by atoms with Gasteiger partial charge in [-0.05, 0) is 58.7 Å². The molecule has 0 aliphatic rings. The van der Waals surface area contributed by atoms with Gasteiger partial charge in [0.2, 0.25) is 0 Å². The Balaban J connectivity index is 2.40. The monoisotopic (exact) mass is 290 g/mol. The molecule has 2 aromatic rings. The molecule has 3 heteroatoms. The zero-order valence-corrected chi connectivity index (χ0v) is 11.5. The summed E-state index contributed by atoms with van der Waals surface area (Å²) >= 11 is 3.54. The molecule has 0 heterocycles. The van der Waals surface area contributed by atoms with E-state index in [2.05, 4.69) is 52.0 Å². The van der Waals surface area contributed by atoms with Crippen molar-refractivity contribution in [2.24, 2.45) is 0 Å². The standard InChI is InChI=1S/C14H15BrN2/c1-10-4-3-5-12(8-10)17(2)14-7-6-11(16)9-13(14)15/h3-9H,16H2,1-2H3. The lowest BCUT2D eigenvalue weighted by atomic mass is 10.2. The predicted octanol–water partition coefficient (Wildman–Crippen LogP) is 4.11. The molecule has 0 aliphatic carbocycles. The molecule has 0 unspecified atom stereocenters. The normalized spacial score (nSPS) is 10.3. The maximum atomic E-state index is 5.74. The van der Waals surface area contributed by atoms with Crippen LogP contribution in [0.4, 0.5) is 17.1 Å². The molecule has 2 N–H and O–H groups in total. The molecule has 2 aromatic carbocycles. The van der Waals surface area contributed by atoms with Crippen molar-refractivity contribution in [3.63, 3.8) is 0 Å². The van der Waals surface area contributed by atoms with E-state index in [1.54, 1.807) is 0 Å². The number of nitrogens with zero attached hydrogens (tertiary/aromatic N) is 1. The first-order valence-corrected chi connectivity index (χ1v) is 6.22. The molecule has 0 saturated heterocycles. The van der Waals surface area contributed by atoms with Gasteiger partial charge in [0, 0.05) is 22.9 Å². The summed E-state index contributed by atoms with van der Waals surface area (Å²) in [5.74, 6) is 0. The summed E-state index contributed by atoms with van der Waals surface area (Å²) in [6.07, 6.45) is 0. The summed E-state index contributed by atoms with van der Waals surface area (Å²) in [5.41, 5.74) is 10.0. The number of benzene rings is 2. The maximum absolute atomic E-state index is 5.74. The molecule has 0 aliphatic heterocycles. The second-order valence-electron chi connectivity index (χ2n) is 4.11. The van der Waals surface area contributed by atoms with Gasteiger partial charge in [0.25, 0.3) is 0 Å². The van der Waals surface area contributed by atoms with Crippen LogP contribution in [-0.4, -0.2) is 7.05 Å². The second kappa shape index (κ2) is 4.80. The van der Waals surface area contributed by atoms with Crippen LogP contribution in [0.1, 0.15) is 5.56 Å². The van der Waals surface area contributed by atoms with Crippen LogP contribution < -0.4 is 10.6 Å². The van der Waals surface area contributed by atoms with Crippen molar-refractivity contribution >= 4 is 33.0 Å². The molecule has 0 radical (unpaired) electrons. The SMILES string of the molecule is Cc1cccc(N(C)c2ccc(N)cc2Br)c1. The molecule has 0 spiro atoms. The number of nitrogens with two attached hydrogens (primary N) is 1. The van der Waals surface area contributed by atoms with Crippen LogP contribution in [0.3, 0.4) is 0 Å². The van der Waals surface area contributed by atoms with Crippen molar-refractivity contribution in [2.45, 2.75) is 6.92 Å². The van der Waals surface area contributed by atoms with E-state index in [1.165, 1.54) is 5.56 Å². The van der Waals surface area contributed by atoms with Gasteiger partial charge in [-0.2, -0.15) is 0 Å². The second-order valence-corrected chi connectivity index (χ2v) is 4.96. The third kappa shape index (κ3) is 2.61. The molecule has 17 heavy (non-hydrogen) atoms. The Labute approximate surface area is 110 Å². The van der Waals surface area contributed by atoms with E-state index >= 15 is 0 Å². The van der Waals surface area contributed by atoms with Crippen molar-refractivity contribution in [1.82, 2.24) is 0 Å². The van der Waals surface area contributed by atoms with Crippen LogP contribution in [-0.2, 0) is 0 Å². The highest BCUT2D eigenvalue weighted by Crippen LogP contribution is 2.32. The molecule has 88 valence electrons. The maximum Gasteiger partial charge on any atom is 0.0554 e. The summed E-state index contributed by atoms with van der Waals surface area (Å²) in [7, 11) is 2.05. The van der Waals surface area contributed by atoms with E-state index in [1.807, 2.05) is 25.2 Å². The highest BCUT2D eigenvalue weighted by molar-refractivity contribution is 9.10. The van der Waals surface area contributed by atoms with E-state index in [0.717, 1.165) is 21.5 Å². The van der Waals surface area contributed by atoms with Gasteiger partial charge in [-0.25, -0.2) is 0 Å². The van der Waals surface area contributed by atoms with E-state index < -0.39 is 0 Å². The summed E-state index contributed by atoms with van der Waals surface area (Å²) in [4.78, 5) is 2.14. The quantitative estimate of drug-likeness (QED) is 0.844. The van der Waals surface area contributed by atoms with Gasteiger partial charge in [-0.15, -0.1) is 0 Å². The summed E-state index contributed by atoms with van der Waals surface area (Å²) in [6.45, 7) is 2.09. The van der Waals surface area contributed by atoms with Crippen LogP contribution in [0.25, 0.3) is 0 Å². The number of hydrogen-bond donors (Lipinski definition) is 1. The molecule has 0 saturated carbocycles. The third-order valence-electron chi connectivity index (χ3n) is 2.72. The predicted molar refractivity (Wildman–Crippen MR) is 77.8 cm³/mol. The van der Waals surface area contributed by atoms with Gasteiger partial charge in [0.15, 0.2) is 0 Å². The third-order valence-corrected chi connectivity index (χ3v) is 3.36. The van der Waals surface area contributed by atoms with E-state index in [0.29, 0.717) is 0 Å². The van der Waals surface area contributed by atoms with Gasteiger partial charge in [0.05, 0.1) is 5.69 Å². The van der Waals surface area contributed by atoms with Gasteiger partial charge in [0.1, 0.15) is 0 Å². The lowest BCUT2D eigenvalue weighted by molar-refractivity contribution is 1.19. The fourth-order valence-electron chi connectivity index (χ4n) is 1.77. The molecular weight excluding hydrogens is 276 g/mol. The van der Waals surface area contributed by atoms with Crippen molar-refractivity contribution in [3.05, 3.63) is 52.5 Å². The van der Waals surface area contributed by atoms with Crippen LogP contribution in [0.15, 0.2) is 46.9 Å². The molecule has 2 rings (SSSR count). The molecule has 0 amide bonds. The van der Waals surface area contributed by atoms with Crippen LogP contribution >= 0.6 is 15.9 Å². The van der Waals surface area contributed by atoms with Crippen LogP contribution in [0.2, 0.25) is 0 Å². The highest BCUT2D eigenvalue weighted by Gasteiger charge is 2.07. The van der Waals surface area contributed by atoms with Gasteiger partial charge in [-0.1, -0.05) is 12.1 Å². The largest absolute Gasteiger partial charge is 0.399 e. The Hall–Kier alpha value is -1.48. The van der Waals surface area contributed by atoms with E-state index in [-0.39, 0.29) is 0 Å². The number of rotatable bonds is 2. The molecule has 0 fully saturated rings. The minimum Gasteiger partial charge on any atom is -0.399 e. The van der Waals surface area contributed by atoms with Crippen molar-refractivity contribution < 1.29 is 0 Å². The fraction of sp³-hybridized carbons (Fsp3) is 0.143. The lowest BCUT2D eigenvalue weighted by Crippen LogP contribution is -2.10. The smallest absolute Gasteiger partial charge is 0.0554 e. The number of aryl methyl sites for hydroxylation is 1. The Morgan fingerprint density at radius 2 is 1.88 bits per heavy atom. The van der Waals surface area contributed by atoms with Gasteiger partial charge >= 0.3 is 0 Å². The minimum absolute atomic E-state index is 0.762. The number of halogens is 1. The molecular formula is C14H15BrN2. The Morgan fingerprint density at radius 1 is 1.12 bits per heavy atom. The summed E-state index contributed by atoms with van der Waals surface area (Å²) in [6, 6.07) is 14.2. The first-order valence-electron chi connectivity index (χ1n) is 5.43. The average Bonchev–Trinajstić information content (AvgIpc) is 2.28. The topological polar surface area (TPSA) is 29.3 Å². The fourth-order valence-corrected chi connectivity index (χ4v) is 2.43. The Kier molecular flexibility index (Phi) is 3.38. The van der Waals surface area contributed by atoms with Crippen LogP contribution in [0.5, 0.6) is 0 Å². The van der Waals surface area contributed by atoms with Crippen LogP contribution in [0, 0.1) is 6.92 Å². The molecule has 0 bridgehead atoms. The van der Waals surface area contributed by atoms with E-state index in [9.17, 15) is 0 Å². The lowest BCUT2D eigenvalue weighted by Gasteiger charge is -2.21. The average molecular weight is 291 g/mol. The first-order chi connectivity index (χ1) is 8.08. The number of nitrogen functional groups attached to an aromatic ring is 1.